The number of hydrogen-bond acceptors (Lipinski definition) is 4. The summed E-state index contributed by atoms with van der Waals surface area (Å²) < 4.78 is 5.37. The number of carbonyl (C=O) groups is 2. The largest absolute Gasteiger partial charge is 0.452 e. The van der Waals surface area contributed by atoms with E-state index in [2.05, 4.69) is 42.9 Å². The van der Waals surface area contributed by atoms with E-state index in [0.29, 0.717) is 5.56 Å². The Morgan fingerprint density at radius 1 is 1.03 bits per heavy atom. The molecule has 1 saturated heterocycles. The number of benzene rings is 1. The molecule has 1 aliphatic rings. The van der Waals surface area contributed by atoms with Crippen molar-refractivity contribution in [2.75, 3.05) is 29.9 Å². The lowest BCUT2D eigenvalue weighted by Crippen LogP contribution is -2.29. The van der Waals surface area contributed by atoms with Gasteiger partial charge < -0.3 is 10.1 Å². The van der Waals surface area contributed by atoms with Gasteiger partial charge in [0.2, 0.25) is 0 Å². The van der Waals surface area contributed by atoms with Gasteiger partial charge in [0.25, 0.3) is 11.7 Å². The van der Waals surface area contributed by atoms with E-state index in [-0.39, 0.29) is 24.3 Å². The van der Waals surface area contributed by atoms with Gasteiger partial charge in [0.1, 0.15) is 5.56 Å². The molecule has 6 heteroatoms. The number of nitrogens with zero attached hydrogens (tertiary/aromatic N) is 1. The van der Waals surface area contributed by atoms with Gasteiger partial charge in [-0.25, -0.2) is 9.78 Å². The average Bonchev–Trinajstić information content (AvgIpc) is 3.26. The Hall–Kier alpha value is -2.89. The van der Waals surface area contributed by atoms with Crippen LogP contribution in [0.4, 0.5) is 11.5 Å². The van der Waals surface area contributed by atoms with Crippen molar-refractivity contribution in [2.45, 2.75) is 52.4 Å². The molecule has 0 spiro atoms. The molecule has 1 aromatic carbocycles. The van der Waals surface area contributed by atoms with Crippen molar-refractivity contribution in [1.82, 2.24) is 0 Å². The minimum absolute atomic E-state index is 0.268. The van der Waals surface area contributed by atoms with Crippen molar-refractivity contribution in [2.24, 2.45) is 0 Å². The molecule has 2 N–H and O–H groups in total. The molecule has 160 valence electrons. The zero-order valence-electron chi connectivity index (χ0n) is 18.3. The van der Waals surface area contributed by atoms with Gasteiger partial charge in [0.15, 0.2) is 6.61 Å². The lowest BCUT2D eigenvalue weighted by molar-refractivity contribution is -0.364. The third-order valence-corrected chi connectivity index (χ3v) is 5.45. The SMILES string of the molecule is CC(C)c1cccc(C(C)C)c1NC(=O)COC(=O)c1ccc[nH+]c1N1CCCC1. The quantitative estimate of drug-likeness (QED) is 0.696. The number of pyridine rings is 1. The van der Waals surface area contributed by atoms with Crippen molar-refractivity contribution in [3.8, 4) is 0 Å². The van der Waals surface area contributed by atoms with E-state index in [4.69, 9.17) is 4.74 Å². The van der Waals surface area contributed by atoms with E-state index < -0.39 is 5.97 Å². The first-order valence-electron chi connectivity index (χ1n) is 10.7. The summed E-state index contributed by atoms with van der Waals surface area (Å²) in [6, 6.07) is 9.58. The molecule has 0 bridgehead atoms. The van der Waals surface area contributed by atoms with Crippen molar-refractivity contribution in [3.05, 3.63) is 53.2 Å². The van der Waals surface area contributed by atoms with E-state index in [1.165, 1.54) is 0 Å². The molecule has 1 aliphatic heterocycles. The first-order valence-corrected chi connectivity index (χ1v) is 10.7. The highest BCUT2D eigenvalue weighted by atomic mass is 16.5. The summed E-state index contributed by atoms with van der Waals surface area (Å²) in [6.45, 7) is 9.89. The minimum atomic E-state index is -0.495. The summed E-state index contributed by atoms with van der Waals surface area (Å²) in [5.41, 5.74) is 3.44. The smallest absolute Gasteiger partial charge is 0.347 e. The van der Waals surface area contributed by atoms with Crippen molar-refractivity contribution in [1.29, 1.82) is 0 Å². The van der Waals surface area contributed by atoms with Crippen molar-refractivity contribution in [3.63, 3.8) is 0 Å². The van der Waals surface area contributed by atoms with Crippen molar-refractivity contribution >= 4 is 23.4 Å². The van der Waals surface area contributed by atoms with Crippen LogP contribution in [0.3, 0.4) is 0 Å². The van der Waals surface area contributed by atoms with E-state index in [9.17, 15) is 9.59 Å². The lowest BCUT2D eigenvalue weighted by Gasteiger charge is -2.20. The van der Waals surface area contributed by atoms with Crippen LogP contribution in [0.5, 0.6) is 0 Å². The standard InChI is InChI=1S/C24H31N3O3/c1-16(2)18-9-7-10-19(17(3)4)22(18)26-21(28)15-30-24(29)20-11-8-12-25-23(20)27-13-5-6-14-27/h7-12,16-17H,5-6,13-15H2,1-4H3,(H,26,28)/p+1. The van der Waals surface area contributed by atoms with Gasteiger partial charge in [0.05, 0.1) is 19.3 Å². The molecule has 1 amide bonds. The van der Waals surface area contributed by atoms with Crippen LogP contribution < -0.4 is 15.2 Å². The first-order chi connectivity index (χ1) is 14.4. The van der Waals surface area contributed by atoms with Crippen LogP contribution in [-0.4, -0.2) is 31.6 Å². The number of carbonyl (C=O) groups excluding carboxylic acids is 2. The number of hydrogen-bond donors (Lipinski definition) is 1. The zero-order chi connectivity index (χ0) is 21.7. The number of esters is 1. The second-order valence-electron chi connectivity index (χ2n) is 8.37. The number of anilines is 2. The molecular weight excluding hydrogens is 378 g/mol. The van der Waals surface area contributed by atoms with Crippen LogP contribution in [0.25, 0.3) is 0 Å². The predicted octanol–water partition coefficient (Wildman–Crippen LogP) is 4.14. The normalized spacial score (nSPS) is 13.7. The molecule has 0 aliphatic carbocycles. The fourth-order valence-electron chi connectivity index (χ4n) is 3.87. The number of rotatable bonds is 7. The Morgan fingerprint density at radius 3 is 2.27 bits per heavy atom. The van der Waals surface area contributed by atoms with Crippen LogP contribution in [0.1, 0.15) is 73.9 Å². The van der Waals surface area contributed by atoms with Gasteiger partial charge in [-0.2, -0.15) is 0 Å². The number of para-hydroxylation sites is 1. The lowest BCUT2D eigenvalue weighted by atomic mass is 9.92. The Bertz CT molecular complexity index is 876. The third-order valence-electron chi connectivity index (χ3n) is 5.45. The second kappa shape index (κ2) is 9.74. The summed E-state index contributed by atoms with van der Waals surface area (Å²) in [5.74, 6) is 0.465. The summed E-state index contributed by atoms with van der Waals surface area (Å²) >= 11 is 0. The molecule has 2 aromatic rings. The van der Waals surface area contributed by atoms with Crippen LogP contribution >= 0.6 is 0 Å². The predicted molar refractivity (Wildman–Crippen MR) is 118 cm³/mol. The van der Waals surface area contributed by atoms with Gasteiger partial charge in [-0.05, 0) is 47.9 Å². The zero-order valence-corrected chi connectivity index (χ0v) is 18.3. The Balaban J connectivity index is 1.70. The summed E-state index contributed by atoms with van der Waals surface area (Å²) in [6.07, 6.45) is 4.01. The highest BCUT2D eigenvalue weighted by Crippen LogP contribution is 2.32. The first kappa shape index (κ1) is 21.8. The Morgan fingerprint density at radius 2 is 1.67 bits per heavy atom. The highest BCUT2D eigenvalue weighted by molar-refractivity contribution is 5.98. The van der Waals surface area contributed by atoms with E-state index in [1.807, 2.05) is 18.2 Å². The van der Waals surface area contributed by atoms with Gasteiger partial charge >= 0.3 is 5.97 Å². The fraction of sp³-hybridized carbons (Fsp3) is 0.458. The number of aromatic amines is 1. The van der Waals surface area contributed by atoms with E-state index in [0.717, 1.165) is 48.6 Å². The fourth-order valence-corrected chi connectivity index (χ4v) is 3.87. The minimum Gasteiger partial charge on any atom is -0.452 e. The maximum Gasteiger partial charge on any atom is 0.347 e. The maximum absolute atomic E-state index is 12.7. The van der Waals surface area contributed by atoms with Gasteiger partial charge in [0, 0.05) is 5.69 Å². The number of aromatic nitrogens is 1. The van der Waals surface area contributed by atoms with Crippen LogP contribution in [-0.2, 0) is 9.53 Å². The van der Waals surface area contributed by atoms with Crippen LogP contribution in [0.2, 0.25) is 0 Å². The number of H-pyrrole nitrogens is 1. The van der Waals surface area contributed by atoms with Crippen molar-refractivity contribution < 1.29 is 19.3 Å². The molecule has 0 radical (unpaired) electrons. The van der Waals surface area contributed by atoms with Gasteiger partial charge in [-0.3, -0.25) is 9.69 Å². The Kier molecular flexibility index (Phi) is 7.08. The van der Waals surface area contributed by atoms with E-state index in [1.54, 1.807) is 18.3 Å². The molecule has 6 nitrogen and oxygen atoms in total. The summed E-state index contributed by atoms with van der Waals surface area (Å²) in [7, 11) is 0. The Labute approximate surface area is 178 Å². The molecule has 0 unspecified atom stereocenters. The molecule has 3 rings (SSSR count). The molecule has 2 heterocycles. The van der Waals surface area contributed by atoms with Gasteiger partial charge in [-0.1, -0.05) is 45.9 Å². The molecule has 0 saturated carbocycles. The number of nitrogens with one attached hydrogen (secondary N) is 2. The second-order valence-corrected chi connectivity index (χ2v) is 8.37. The van der Waals surface area contributed by atoms with E-state index >= 15 is 0 Å². The average molecular weight is 411 g/mol. The molecule has 1 aromatic heterocycles. The molecule has 30 heavy (non-hydrogen) atoms. The summed E-state index contributed by atoms with van der Waals surface area (Å²) in [4.78, 5) is 30.6. The maximum atomic E-state index is 12.7. The van der Waals surface area contributed by atoms with Crippen LogP contribution in [0.15, 0.2) is 36.5 Å². The molecule has 0 atom stereocenters. The molecular formula is C24H32N3O3+. The van der Waals surface area contributed by atoms with Crippen LogP contribution in [0, 0.1) is 0 Å². The topological polar surface area (TPSA) is 72.8 Å². The summed E-state index contributed by atoms with van der Waals surface area (Å²) in [5, 5.41) is 2.98. The number of amides is 1. The monoisotopic (exact) mass is 410 g/mol. The third kappa shape index (κ3) is 4.99. The van der Waals surface area contributed by atoms with Gasteiger partial charge in [-0.15, -0.1) is 0 Å². The highest BCUT2D eigenvalue weighted by Gasteiger charge is 2.28. The number of ether oxygens (including phenoxy) is 1. The molecule has 1 fully saturated rings.